The Hall–Kier alpha value is -1.29. The molecule has 0 unspecified atom stereocenters. The van der Waals surface area contributed by atoms with Gasteiger partial charge in [0.1, 0.15) is 0 Å². The molecule has 0 atom stereocenters. The highest BCUT2D eigenvalue weighted by Gasteiger charge is 2.25. The minimum absolute atomic E-state index is 0.468. The number of piperidine rings is 1. The summed E-state index contributed by atoms with van der Waals surface area (Å²) in [6.45, 7) is 9.78. The Morgan fingerprint density at radius 3 is 2.79 bits per heavy atom. The van der Waals surface area contributed by atoms with Crippen LogP contribution in [0, 0.1) is 0 Å². The maximum absolute atomic E-state index is 4.64. The van der Waals surface area contributed by atoms with Gasteiger partial charge in [-0.15, -0.1) is 0 Å². The van der Waals surface area contributed by atoms with Crippen molar-refractivity contribution in [2.24, 2.45) is 0 Å². The molecule has 0 spiro atoms. The summed E-state index contributed by atoms with van der Waals surface area (Å²) < 4.78 is 0. The molecule has 1 saturated heterocycles. The van der Waals surface area contributed by atoms with Gasteiger partial charge < -0.3 is 15.5 Å². The minimum atomic E-state index is 0.468. The van der Waals surface area contributed by atoms with Gasteiger partial charge >= 0.3 is 0 Å². The van der Waals surface area contributed by atoms with Crippen molar-refractivity contribution < 1.29 is 0 Å². The molecule has 1 aliphatic rings. The quantitative estimate of drug-likeness (QED) is 0.855. The van der Waals surface area contributed by atoms with E-state index in [1.165, 1.54) is 12.8 Å². The number of rotatable bonds is 5. The third-order valence-corrected chi connectivity index (χ3v) is 3.66. The SMILES string of the molecule is CCNc1cccnc1N(C(C)C)C1CCNCC1. The van der Waals surface area contributed by atoms with Gasteiger partial charge in [0.25, 0.3) is 0 Å². The Bertz CT molecular complexity index is 385. The van der Waals surface area contributed by atoms with Crippen molar-refractivity contribution in [3.8, 4) is 0 Å². The van der Waals surface area contributed by atoms with Crippen LogP contribution in [-0.2, 0) is 0 Å². The summed E-state index contributed by atoms with van der Waals surface area (Å²) >= 11 is 0. The van der Waals surface area contributed by atoms with Crippen molar-refractivity contribution in [1.29, 1.82) is 0 Å². The second-order valence-electron chi connectivity index (χ2n) is 5.39. The fourth-order valence-electron chi connectivity index (χ4n) is 2.86. The third-order valence-electron chi connectivity index (χ3n) is 3.66. The second kappa shape index (κ2) is 6.75. The van der Waals surface area contributed by atoms with Crippen LogP contribution in [0.25, 0.3) is 0 Å². The second-order valence-corrected chi connectivity index (χ2v) is 5.39. The van der Waals surface area contributed by atoms with Crippen LogP contribution in [0.15, 0.2) is 18.3 Å². The molecule has 4 heteroatoms. The van der Waals surface area contributed by atoms with E-state index in [0.717, 1.165) is 31.1 Å². The molecule has 2 rings (SSSR count). The van der Waals surface area contributed by atoms with Crippen molar-refractivity contribution in [1.82, 2.24) is 10.3 Å². The normalized spacial score (nSPS) is 16.6. The number of pyridine rings is 1. The van der Waals surface area contributed by atoms with Crippen LogP contribution in [0.2, 0.25) is 0 Å². The fraction of sp³-hybridized carbons (Fsp3) is 0.667. The Kier molecular flexibility index (Phi) is 5.02. The highest BCUT2D eigenvalue weighted by molar-refractivity contribution is 5.66. The van der Waals surface area contributed by atoms with Gasteiger partial charge in [-0.25, -0.2) is 4.98 Å². The molecule has 0 amide bonds. The van der Waals surface area contributed by atoms with Crippen molar-refractivity contribution in [3.05, 3.63) is 18.3 Å². The Morgan fingerprint density at radius 2 is 2.16 bits per heavy atom. The Labute approximate surface area is 116 Å². The van der Waals surface area contributed by atoms with Crippen LogP contribution < -0.4 is 15.5 Å². The molecule has 0 bridgehead atoms. The summed E-state index contributed by atoms with van der Waals surface area (Å²) in [5, 5.41) is 6.87. The van der Waals surface area contributed by atoms with Gasteiger partial charge in [-0.1, -0.05) is 0 Å². The largest absolute Gasteiger partial charge is 0.382 e. The molecule has 106 valence electrons. The van der Waals surface area contributed by atoms with Gasteiger partial charge in [-0.05, 0) is 58.8 Å². The van der Waals surface area contributed by atoms with Gasteiger partial charge in [-0.2, -0.15) is 0 Å². The summed E-state index contributed by atoms with van der Waals surface area (Å²) in [4.78, 5) is 7.12. The number of hydrogen-bond acceptors (Lipinski definition) is 4. The topological polar surface area (TPSA) is 40.2 Å². The molecule has 4 nitrogen and oxygen atoms in total. The summed E-state index contributed by atoms with van der Waals surface area (Å²) in [5.41, 5.74) is 1.15. The molecular formula is C15H26N4. The van der Waals surface area contributed by atoms with E-state index in [2.05, 4.69) is 47.4 Å². The van der Waals surface area contributed by atoms with Crippen LogP contribution in [0.5, 0.6) is 0 Å². The first-order valence-electron chi connectivity index (χ1n) is 7.42. The lowest BCUT2D eigenvalue weighted by atomic mass is 10.0. The first-order valence-corrected chi connectivity index (χ1v) is 7.42. The summed E-state index contributed by atoms with van der Waals surface area (Å²) in [6.07, 6.45) is 4.28. The molecule has 2 heterocycles. The lowest BCUT2D eigenvalue weighted by molar-refractivity contribution is 0.410. The molecule has 0 aliphatic carbocycles. The van der Waals surface area contributed by atoms with Crippen LogP contribution >= 0.6 is 0 Å². The van der Waals surface area contributed by atoms with Gasteiger partial charge in [0.2, 0.25) is 0 Å². The predicted octanol–water partition coefficient (Wildman–Crippen LogP) is 2.48. The highest BCUT2D eigenvalue weighted by atomic mass is 15.3. The van der Waals surface area contributed by atoms with E-state index < -0.39 is 0 Å². The fourth-order valence-corrected chi connectivity index (χ4v) is 2.86. The molecular weight excluding hydrogens is 236 g/mol. The predicted molar refractivity (Wildman–Crippen MR) is 81.9 cm³/mol. The van der Waals surface area contributed by atoms with E-state index in [0.29, 0.717) is 12.1 Å². The number of aromatic nitrogens is 1. The van der Waals surface area contributed by atoms with E-state index >= 15 is 0 Å². The lowest BCUT2D eigenvalue weighted by Crippen LogP contribution is -2.47. The first kappa shape index (κ1) is 14.1. The number of nitrogens with zero attached hydrogens (tertiary/aromatic N) is 2. The molecule has 1 aliphatic heterocycles. The number of anilines is 2. The smallest absolute Gasteiger partial charge is 0.152 e. The van der Waals surface area contributed by atoms with Crippen LogP contribution in [0.4, 0.5) is 11.5 Å². The Balaban J connectivity index is 2.27. The monoisotopic (exact) mass is 262 g/mol. The summed E-state index contributed by atoms with van der Waals surface area (Å²) in [5.74, 6) is 1.10. The summed E-state index contributed by atoms with van der Waals surface area (Å²) in [6, 6.07) is 5.19. The van der Waals surface area contributed by atoms with E-state index in [9.17, 15) is 0 Å². The molecule has 0 aromatic carbocycles. The molecule has 1 aromatic rings. The minimum Gasteiger partial charge on any atom is -0.382 e. The zero-order chi connectivity index (χ0) is 13.7. The van der Waals surface area contributed by atoms with E-state index in [-0.39, 0.29) is 0 Å². The molecule has 1 fully saturated rings. The summed E-state index contributed by atoms with van der Waals surface area (Å²) in [7, 11) is 0. The maximum Gasteiger partial charge on any atom is 0.152 e. The van der Waals surface area contributed by atoms with E-state index in [1.807, 2.05) is 12.3 Å². The molecule has 0 saturated carbocycles. The van der Waals surface area contributed by atoms with Crippen molar-refractivity contribution in [2.75, 3.05) is 29.9 Å². The molecule has 0 radical (unpaired) electrons. The molecule has 2 N–H and O–H groups in total. The standard InChI is InChI=1S/C15H26N4/c1-4-17-14-6-5-9-18-15(14)19(12(2)3)13-7-10-16-11-8-13/h5-6,9,12-13,16-17H,4,7-8,10-11H2,1-3H3. The van der Waals surface area contributed by atoms with Crippen molar-refractivity contribution >= 4 is 11.5 Å². The van der Waals surface area contributed by atoms with Crippen LogP contribution in [-0.4, -0.2) is 36.7 Å². The number of hydrogen-bond donors (Lipinski definition) is 2. The van der Waals surface area contributed by atoms with Gasteiger partial charge in [0.15, 0.2) is 5.82 Å². The average Bonchev–Trinajstić information content (AvgIpc) is 2.42. The van der Waals surface area contributed by atoms with Gasteiger partial charge in [0.05, 0.1) is 5.69 Å². The zero-order valence-corrected chi connectivity index (χ0v) is 12.3. The average molecular weight is 262 g/mol. The Morgan fingerprint density at radius 1 is 1.42 bits per heavy atom. The molecule has 1 aromatic heterocycles. The number of nitrogens with one attached hydrogen (secondary N) is 2. The first-order chi connectivity index (χ1) is 9.24. The molecule has 19 heavy (non-hydrogen) atoms. The van der Waals surface area contributed by atoms with Crippen LogP contribution in [0.1, 0.15) is 33.6 Å². The third kappa shape index (κ3) is 3.38. The van der Waals surface area contributed by atoms with E-state index in [1.54, 1.807) is 0 Å². The maximum atomic E-state index is 4.64. The van der Waals surface area contributed by atoms with Gasteiger partial charge in [0, 0.05) is 24.8 Å². The van der Waals surface area contributed by atoms with E-state index in [4.69, 9.17) is 0 Å². The van der Waals surface area contributed by atoms with Crippen LogP contribution in [0.3, 0.4) is 0 Å². The zero-order valence-electron chi connectivity index (χ0n) is 12.3. The lowest BCUT2D eigenvalue weighted by Gasteiger charge is -2.39. The highest BCUT2D eigenvalue weighted by Crippen LogP contribution is 2.29. The van der Waals surface area contributed by atoms with Crippen molar-refractivity contribution in [2.45, 2.75) is 45.7 Å². The van der Waals surface area contributed by atoms with Crippen molar-refractivity contribution in [3.63, 3.8) is 0 Å². The van der Waals surface area contributed by atoms with Gasteiger partial charge in [-0.3, -0.25) is 0 Å².